The summed E-state index contributed by atoms with van der Waals surface area (Å²) in [4.78, 5) is 12.3. The smallest absolute Gasteiger partial charge is 0.258 e. The van der Waals surface area contributed by atoms with Crippen molar-refractivity contribution in [2.75, 3.05) is 12.4 Å². The standard InChI is InChI=1S/C22H25FN4O/c1-5-8-21(23)20(6-2)22(28)26-18-10-7-9-17(13-18)16(3)24-11-12-25-19-14-27(4)15-19/h5-16,25H,1H2,2-4H3,(H,26,28)/b12-11?,20-6+,21-8+. The van der Waals surface area contributed by atoms with Gasteiger partial charge in [0.25, 0.3) is 5.91 Å². The molecule has 0 saturated heterocycles. The van der Waals surface area contributed by atoms with Crippen LogP contribution in [0.25, 0.3) is 5.32 Å². The topological polar surface area (TPSA) is 58.2 Å². The Morgan fingerprint density at radius 2 is 2.14 bits per heavy atom. The number of hydrogen-bond acceptors (Lipinski definition) is 2. The molecule has 0 spiro atoms. The molecular formula is C22H25FN4O. The molecule has 2 rings (SSSR count). The molecule has 146 valence electrons. The zero-order valence-corrected chi connectivity index (χ0v) is 16.3. The lowest BCUT2D eigenvalue weighted by Gasteiger charge is -2.26. The highest BCUT2D eigenvalue weighted by Gasteiger charge is 2.13. The Bertz CT molecular complexity index is 894. The summed E-state index contributed by atoms with van der Waals surface area (Å²) in [5.74, 6) is -1.14. The van der Waals surface area contributed by atoms with Gasteiger partial charge < -0.3 is 16.0 Å². The predicted octanol–water partition coefficient (Wildman–Crippen LogP) is 4.67. The first-order valence-electron chi connectivity index (χ1n) is 8.91. The maximum atomic E-state index is 13.9. The lowest BCUT2D eigenvalue weighted by atomic mass is 10.1. The molecule has 0 aromatic heterocycles. The first kappa shape index (κ1) is 20.9. The Balaban J connectivity index is 1.96. The summed E-state index contributed by atoms with van der Waals surface area (Å²) in [6.07, 6.45) is 11.3. The van der Waals surface area contributed by atoms with Crippen molar-refractivity contribution in [1.82, 2.24) is 5.32 Å². The highest BCUT2D eigenvalue weighted by Crippen LogP contribution is 2.25. The van der Waals surface area contributed by atoms with E-state index in [1.165, 1.54) is 12.2 Å². The minimum absolute atomic E-state index is 0.0372. The van der Waals surface area contributed by atoms with Gasteiger partial charge in [0.1, 0.15) is 12.9 Å². The van der Waals surface area contributed by atoms with Gasteiger partial charge in [-0.1, -0.05) is 49.4 Å². The molecule has 28 heavy (non-hydrogen) atoms. The van der Waals surface area contributed by atoms with E-state index >= 15 is 0 Å². The van der Waals surface area contributed by atoms with Gasteiger partial charge in [0, 0.05) is 5.69 Å². The number of nitrogens with one attached hydrogen (secondary N) is 2. The number of carbonyl (C=O) groups excluding carboxylic acids is 1. The van der Waals surface area contributed by atoms with Gasteiger partial charge in [-0.05, 0) is 31.3 Å². The van der Waals surface area contributed by atoms with E-state index in [1.807, 2.05) is 49.2 Å². The Kier molecular flexibility index (Phi) is 7.51. The van der Waals surface area contributed by atoms with Crippen molar-refractivity contribution in [3.8, 4) is 0 Å². The van der Waals surface area contributed by atoms with Crippen LogP contribution < -0.4 is 10.6 Å². The minimum Gasteiger partial charge on any atom is -0.683 e. The molecule has 2 N–H and O–H groups in total. The first-order chi connectivity index (χ1) is 13.4. The average Bonchev–Trinajstić information content (AvgIpc) is 2.64. The molecule has 1 aliphatic rings. The molecule has 1 atom stereocenters. The number of allylic oxidation sites excluding steroid dienone is 4. The van der Waals surface area contributed by atoms with E-state index in [2.05, 4.69) is 22.5 Å². The number of carbonyl (C=O) groups is 1. The third kappa shape index (κ3) is 5.81. The second kappa shape index (κ2) is 10.1. The highest BCUT2D eigenvalue weighted by molar-refractivity contribution is 6.06. The number of benzene rings is 1. The molecule has 0 bridgehead atoms. The van der Waals surface area contributed by atoms with Gasteiger partial charge in [0.2, 0.25) is 0 Å². The highest BCUT2D eigenvalue weighted by atomic mass is 19.1. The summed E-state index contributed by atoms with van der Waals surface area (Å²) in [6.45, 7) is 7.01. The van der Waals surface area contributed by atoms with Crippen molar-refractivity contribution in [1.29, 1.82) is 0 Å². The number of anilines is 1. The van der Waals surface area contributed by atoms with Crippen molar-refractivity contribution in [2.45, 2.75) is 19.9 Å². The van der Waals surface area contributed by atoms with Crippen LogP contribution in [0, 0.1) is 0 Å². The molecule has 1 aromatic rings. The zero-order chi connectivity index (χ0) is 20.5. The molecule has 6 heteroatoms. The molecule has 0 fully saturated rings. The van der Waals surface area contributed by atoms with E-state index in [0.717, 1.165) is 17.3 Å². The number of hydrogen-bond donors (Lipinski definition) is 2. The van der Waals surface area contributed by atoms with Gasteiger partial charge in [-0.25, -0.2) is 8.97 Å². The monoisotopic (exact) mass is 380 g/mol. The van der Waals surface area contributed by atoms with Crippen molar-refractivity contribution >= 4 is 17.8 Å². The van der Waals surface area contributed by atoms with Gasteiger partial charge in [-0.3, -0.25) is 4.79 Å². The van der Waals surface area contributed by atoms with Crippen LogP contribution in [-0.2, 0) is 4.79 Å². The maximum Gasteiger partial charge on any atom is 0.258 e. The van der Waals surface area contributed by atoms with Crippen molar-refractivity contribution in [2.24, 2.45) is 0 Å². The maximum absolute atomic E-state index is 13.9. The first-order valence-corrected chi connectivity index (χ1v) is 8.91. The van der Waals surface area contributed by atoms with Crippen LogP contribution in [0.2, 0.25) is 0 Å². The molecular weight excluding hydrogens is 355 g/mol. The second-order valence-electron chi connectivity index (χ2n) is 6.20. The van der Waals surface area contributed by atoms with Crippen LogP contribution in [-0.4, -0.2) is 23.7 Å². The second-order valence-corrected chi connectivity index (χ2v) is 6.20. The van der Waals surface area contributed by atoms with Gasteiger partial charge in [0.05, 0.1) is 5.57 Å². The van der Waals surface area contributed by atoms with Crippen LogP contribution in [0.15, 0.2) is 84.8 Å². The number of amides is 1. The minimum atomic E-state index is -0.628. The molecule has 1 aliphatic heterocycles. The van der Waals surface area contributed by atoms with Gasteiger partial charge >= 0.3 is 0 Å². The van der Waals surface area contributed by atoms with Crippen LogP contribution >= 0.6 is 0 Å². The van der Waals surface area contributed by atoms with Crippen molar-refractivity contribution in [3.05, 3.63) is 95.6 Å². The van der Waals surface area contributed by atoms with Gasteiger partial charge in [-0.2, -0.15) is 6.20 Å². The Morgan fingerprint density at radius 3 is 2.79 bits per heavy atom. The Hall–Kier alpha value is -3.41. The molecule has 1 aromatic carbocycles. The molecule has 1 amide bonds. The van der Waals surface area contributed by atoms with E-state index in [1.54, 1.807) is 25.4 Å². The Labute approximate surface area is 165 Å². The average molecular weight is 380 g/mol. The lowest BCUT2D eigenvalue weighted by Crippen LogP contribution is -2.21. The molecule has 1 heterocycles. The number of halogens is 1. The van der Waals surface area contributed by atoms with E-state index < -0.39 is 11.7 Å². The summed E-state index contributed by atoms with van der Waals surface area (Å²) >= 11 is 0. The molecule has 0 radical (unpaired) electrons. The predicted molar refractivity (Wildman–Crippen MR) is 113 cm³/mol. The van der Waals surface area contributed by atoms with Crippen LogP contribution in [0.3, 0.4) is 0 Å². The third-order valence-corrected chi connectivity index (χ3v) is 4.00. The van der Waals surface area contributed by atoms with Crippen molar-refractivity contribution < 1.29 is 13.8 Å². The fourth-order valence-electron chi connectivity index (χ4n) is 2.54. The zero-order valence-electron chi connectivity index (χ0n) is 16.3. The molecule has 1 unspecified atom stereocenters. The Morgan fingerprint density at radius 1 is 1.39 bits per heavy atom. The third-order valence-electron chi connectivity index (χ3n) is 4.00. The lowest BCUT2D eigenvalue weighted by molar-refractivity contribution is -0.429. The van der Waals surface area contributed by atoms with E-state index in [4.69, 9.17) is 0 Å². The van der Waals surface area contributed by atoms with Crippen molar-refractivity contribution in [3.63, 3.8) is 0 Å². The van der Waals surface area contributed by atoms with E-state index in [-0.39, 0.29) is 11.6 Å². The van der Waals surface area contributed by atoms with Crippen LogP contribution in [0.5, 0.6) is 0 Å². The summed E-state index contributed by atoms with van der Waals surface area (Å²) in [5.41, 5.74) is 2.49. The van der Waals surface area contributed by atoms with Gasteiger partial charge in [0.15, 0.2) is 18.1 Å². The fourth-order valence-corrected chi connectivity index (χ4v) is 2.54. The summed E-state index contributed by atoms with van der Waals surface area (Å²) in [6, 6.07) is 7.23. The SMILES string of the molecule is C=C/C=C(F)\C(=C/C)C(=O)Nc1cccc(C(C)[N-]C=CNC2=C[N+](C)=C2)c1. The largest absolute Gasteiger partial charge is 0.683 e. The number of nitrogens with zero attached hydrogens (tertiary/aromatic N) is 2. The van der Waals surface area contributed by atoms with Crippen LogP contribution in [0.4, 0.5) is 10.1 Å². The normalized spacial score (nSPS) is 15.3. The van der Waals surface area contributed by atoms with Gasteiger partial charge in [-0.15, -0.1) is 0 Å². The van der Waals surface area contributed by atoms with E-state index in [0.29, 0.717) is 5.69 Å². The fraction of sp³-hybridized carbons (Fsp3) is 0.182. The summed E-state index contributed by atoms with van der Waals surface area (Å²) in [5, 5.41) is 10.3. The summed E-state index contributed by atoms with van der Waals surface area (Å²) in [7, 11) is 1.95. The quantitative estimate of drug-likeness (QED) is 0.371. The van der Waals surface area contributed by atoms with Crippen LogP contribution in [0.1, 0.15) is 25.5 Å². The molecule has 0 aliphatic carbocycles. The molecule has 5 nitrogen and oxygen atoms in total. The van der Waals surface area contributed by atoms with E-state index in [9.17, 15) is 9.18 Å². The molecule has 0 saturated carbocycles. The number of rotatable bonds is 9. The summed E-state index contributed by atoms with van der Waals surface area (Å²) < 4.78 is 15.9.